The van der Waals surface area contributed by atoms with E-state index in [0.717, 1.165) is 23.8 Å². The lowest BCUT2D eigenvalue weighted by atomic mass is 10.2. The second-order valence-electron chi connectivity index (χ2n) is 5.74. The molecular formula is C18H21FN2O4S. The Morgan fingerprint density at radius 2 is 1.85 bits per heavy atom. The molecule has 0 aliphatic rings. The van der Waals surface area contributed by atoms with Gasteiger partial charge in [-0.05, 0) is 44.3 Å². The first-order chi connectivity index (χ1) is 12.2. The van der Waals surface area contributed by atoms with Gasteiger partial charge >= 0.3 is 0 Å². The Morgan fingerprint density at radius 1 is 1.19 bits per heavy atom. The number of sulfonamides is 1. The standard InChI is InChI=1S/C18H21FN2O4S/c1-13-4-6-14(7-5-13)25-11-10-21(3)18(22)16-12-15(8-9-17(16)19)26(23,24)20-2/h4-9,12,20H,10-11H2,1-3H3. The van der Waals surface area contributed by atoms with Crippen molar-refractivity contribution < 1.29 is 22.3 Å². The molecule has 1 N–H and O–H groups in total. The Bertz CT molecular complexity index is 883. The Labute approximate surface area is 152 Å². The Hall–Kier alpha value is -2.45. The summed E-state index contributed by atoms with van der Waals surface area (Å²) in [5, 5.41) is 0. The number of ether oxygens (including phenoxy) is 1. The fourth-order valence-corrected chi connectivity index (χ4v) is 2.95. The predicted octanol–water partition coefficient (Wildman–Crippen LogP) is 2.19. The normalized spacial score (nSPS) is 11.2. The third kappa shape index (κ3) is 4.80. The number of aryl methyl sites for hydroxylation is 1. The van der Waals surface area contributed by atoms with Gasteiger partial charge in [-0.2, -0.15) is 0 Å². The molecule has 2 aromatic carbocycles. The summed E-state index contributed by atoms with van der Waals surface area (Å²) in [6, 6.07) is 10.6. The van der Waals surface area contributed by atoms with Crippen LogP contribution in [0.1, 0.15) is 15.9 Å². The van der Waals surface area contributed by atoms with E-state index < -0.39 is 21.7 Å². The third-order valence-corrected chi connectivity index (χ3v) is 5.22. The minimum atomic E-state index is -3.77. The first-order valence-corrected chi connectivity index (χ1v) is 9.41. The molecular weight excluding hydrogens is 359 g/mol. The quantitative estimate of drug-likeness (QED) is 0.799. The largest absolute Gasteiger partial charge is 0.492 e. The van der Waals surface area contributed by atoms with Crippen LogP contribution in [0.5, 0.6) is 5.75 Å². The van der Waals surface area contributed by atoms with Crippen LogP contribution >= 0.6 is 0 Å². The third-order valence-electron chi connectivity index (χ3n) is 3.81. The Balaban J connectivity index is 2.05. The number of benzene rings is 2. The smallest absolute Gasteiger partial charge is 0.256 e. The maximum atomic E-state index is 14.0. The van der Waals surface area contributed by atoms with E-state index in [1.807, 2.05) is 31.2 Å². The molecule has 26 heavy (non-hydrogen) atoms. The van der Waals surface area contributed by atoms with Gasteiger partial charge in [0.25, 0.3) is 5.91 Å². The first-order valence-electron chi connectivity index (χ1n) is 7.92. The van der Waals surface area contributed by atoms with Gasteiger partial charge in [0.05, 0.1) is 17.0 Å². The van der Waals surface area contributed by atoms with Gasteiger partial charge in [-0.3, -0.25) is 4.79 Å². The van der Waals surface area contributed by atoms with Crippen LogP contribution in [0.25, 0.3) is 0 Å². The zero-order valence-electron chi connectivity index (χ0n) is 14.8. The van der Waals surface area contributed by atoms with Gasteiger partial charge < -0.3 is 9.64 Å². The molecule has 0 fully saturated rings. The molecule has 0 radical (unpaired) electrons. The van der Waals surface area contributed by atoms with E-state index in [1.54, 1.807) is 0 Å². The van der Waals surface area contributed by atoms with Crippen LogP contribution < -0.4 is 9.46 Å². The van der Waals surface area contributed by atoms with E-state index in [0.29, 0.717) is 5.75 Å². The van der Waals surface area contributed by atoms with Crippen molar-refractivity contribution in [3.63, 3.8) is 0 Å². The molecule has 0 spiro atoms. The highest BCUT2D eigenvalue weighted by Gasteiger charge is 2.20. The molecule has 1 amide bonds. The zero-order valence-corrected chi connectivity index (χ0v) is 15.6. The van der Waals surface area contributed by atoms with E-state index in [2.05, 4.69) is 4.72 Å². The summed E-state index contributed by atoms with van der Waals surface area (Å²) in [6.07, 6.45) is 0. The van der Waals surface area contributed by atoms with Gasteiger partial charge in [-0.25, -0.2) is 17.5 Å². The molecule has 0 atom stereocenters. The number of hydrogen-bond donors (Lipinski definition) is 1. The molecule has 8 heteroatoms. The minimum Gasteiger partial charge on any atom is -0.492 e. The molecule has 140 valence electrons. The van der Waals surface area contributed by atoms with Gasteiger partial charge in [0.1, 0.15) is 18.2 Å². The van der Waals surface area contributed by atoms with E-state index in [4.69, 9.17) is 4.74 Å². The summed E-state index contributed by atoms with van der Waals surface area (Å²) in [7, 11) is -1.02. The van der Waals surface area contributed by atoms with E-state index in [1.165, 1.54) is 19.0 Å². The molecule has 0 bridgehead atoms. The molecule has 2 rings (SSSR count). The van der Waals surface area contributed by atoms with Crippen LogP contribution in [-0.4, -0.2) is 46.5 Å². The van der Waals surface area contributed by atoms with E-state index in [-0.39, 0.29) is 23.6 Å². The molecule has 0 saturated carbocycles. The van der Waals surface area contributed by atoms with Crippen LogP contribution in [-0.2, 0) is 10.0 Å². The number of likely N-dealkylation sites (N-methyl/N-ethyl adjacent to an activating group) is 1. The lowest BCUT2D eigenvalue weighted by Crippen LogP contribution is -2.31. The fourth-order valence-electron chi connectivity index (χ4n) is 2.20. The number of nitrogens with zero attached hydrogens (tertiary/aromatic N) is 1. The van der Waals surface area contributed by atoms with Crippen molar-refractivity contribution in [2.24, 2.45) is 0 Å². The van der Waals surface area contributed by atoms with Crippen LogP contribution in [0.2, 0.25) is 0 Å². The maximum absolute atomic E-state index is 14.0. The number of nitrogens with one attached hydrogen (secondary N) is 1. The van der Waals surface area contributed by atoms with Crippen molar-refractivity contribution in [1.82, 2.24) is 9.62 Å². The van der Waals surface area contributed by atoms with Gasteiger partial charge in [-0.15, -0.1) is 0 Å². The number of halogens is 1. The highest BCUT2D eigenvalue weighted by molar-refractivity contribution is 7.89. The minimum absolute atomic E-state index is 0.172. The first kappa shape index (κ1) is 19.9. The van der Waals surface area contributed by atoms with Crippen LogP contribution in [0.4, 0.5) is 4.39 Å². The molecule has 0 saturated heterocycles. The maximum Gasteiger partial charge on any atom is 0.256 e. The van der Waals surface area contributed by atoms with Crippen LogP contribution in [0.15, 0.2) is 47.4 Å². The summed E-state index contributed by atoms with van der Waals surface area (Å²) < 4.78 is 45.3. The van der Waals surface area contributed by atoms with Gasteiger partial charge in [0.15, 0.2) is 0 Å². The number of carbonyl (C=O) groups excluding carboxylic acids is 1. The molecule has 0 aromatic heterocycles. The topological polar surface area (TPSA) is 75.7 Å². The van der Waals surface area contributed by atoms with Crippen molar-refractivity contribution in [3.8, 4) is 5.75 Å². The second-order valence-corrected chi connectivity index (χ2v) is 7.62. The van der Waals surface area contributed by atoms with Crippen molar-refractivity contribution in [1.29, 1.82) is 0 Å². The highest BCUT2D eigenvalue weighted by Crippen LogP contribution is 2.17. The summed E-state index contributed by atoms with van der Waals surface area (Å²) in [5.74, 6) is -0.732. The van der Waals surface area contributed by atoms with Crippen molar-refractivity contribution in [2.45, 2.75) is 11.8 Å². The fraction of sp³-hybridized carbons (Fsp3) is 0.278. The number of amides is 1. The molecule has 0 heterocycles. The van der Waals surface area contributed by atoms with Crippen LogP contribution in [0, 0.1) is 12.7 Å². The van der Waals surface area contributed by atoms with E-state index in [9.17, 15) is 17.6 Å². The van der Waals surface area contributed by atoms with Gasteiger partial charge in [0, 0.05) is 7.05 Å². The zero-order chi connectivity index (χ0) is 19.3. The highest BCUT2D eigenvalue weighted by atomic mass is 32.2. The summed E-state index contributed by atoms with van der Waals surface area (Å²) in [6.45, 7) is 2.41. The Morgan fingerprint density at radius 3 is 2.46 bits per heavy atom. The molecule has 0 unspecified atom stereocenters. The lowest BCUT2D eigenvalue weighted by Gasteiger charge is -2.18. The molecule has 6 nitrogen and oxygen atoms in total. The average molecular weight is 380 g/mol. The summed E-state index contributed by atoms with van der Waals surface area (Å²) in [5.41, 5.74) is 0.802. The number of hydrogen-bond acceptors (Lipinski definition) is 4. The van der Waals surface area contributed by atoms with Gasteiger partial charge in [0.2, 0.25) is 10.0 Å². The molecule has 2 aromatic rings. The van der Waals surface area contributed by atoms with E-state index >= 15 is 0 Å². The van der Waals surface area contributed by atoms with Gasteiger partial charge in [-0.1, -0.05) is 17.7 Å². The Kier molecular flexibility index (Phi) is 6.33. The molecule has 0 aliphatic heterocycles. The average Bonchev–Trinajstić information content (AvgIpc) is 2.63. The summed E-state index contributed by atoms with van der Waals surface area (Å²) >= 11 is 0. The number of carbonyl (C=O) groups is 1. The van der Waals surface area contributed by atoms with Crippen molar-refractivity contribution >= 4 is 15.9 Å². The summed E-state index contributed by atoms with van der Waals surface area (Å²) in [4.78, 5) is 13.5. The predicted molar refractivity (Wildman–Crippen MR) is 96.3 cm³/mol. The second kappa shape index (κ2) is 8.29. The number of rotatable bonds is 7. The van der Waals surface area contributed by atoms with Crippen molar-refractivity contribution in [3.05, 3.63) is 59.4 Å². The SMILES string of the molecule is CNS(=O)(=O)c1ccc(F)c(C(=O)N(C)CCOc2ccc(C)cc2)c1. The monoisotopic (exact) mass is 380 g/mol. The van der Waals surface area contributed by atoms with Crippen molar-refractivity contribution in [2.75, 3.05) is 27.2 Å². The lowest BCUT2D eigenvalue weighted by molar-refractivity contribution is 0.0769. The molecule has 0 aliphatic carbocycles. The van der Waals surface area contributed by atoms with Crippen LogP contribution in [0.3, 0.4) is 0 Å².